The SMILES string of the molecule is CC(C)(C)NC(=O)CN(Cc1ccc(Cl)cc1Cl)S(=O)(=O)c1ccc(Cl)cc1. The molecule has 152 valence electrons. The lowest BCUT2D eigenvalue weighted by Gasteiger charge is -2.26. The van der Waals surface area contributed by atoms with Gasteiger partial charge in [-0.3, -0.25) is 4.79 Å². The van der Waals surface area contributed by atoms with Crippen molar-refractivity contribution in [3.63, 3.8) is 0 Å². The molecular weight excluding hydrogens is 443 g/mol. The van der Waals surface area contributed by atoms with Gasteiger partial charge in [0.1, 0.15) is 0 Å². The van der Waals surface area contributed by atoms with Gasteiger partial charge in [0.25, 0.3) is 0 Å². The number of benzene rings is 2. The van der Waals surface area contributed by atoms with Crippen molar-refractivity contribution < 1.29 is 13.2 Å². The summed E-state index contributed by atoms with van der Waals surface area (Å²) in [6.07, 6.45) is 0. The van der Waals surface area contributed by atoms with Crippen molar-refractivity contribution in [1.29, 1.82) is 0 Å². The van der Waals surface area contributed by atoms with E-state index >= 15 is 0 Å². The summed E-state index contributed by atoms with van der Waals surface area (Å²) in [6, 6.07) is 10.5. The van der Waals surface area contributed by atoms with Gasteiger partial charge in [-0.2, -0.15) is 4.31 Å². The Labute approximate surface area is 180 Å². The summed E-state index contributed by atoms with van der Waals surface area (Å²) in [5.41, 5.74) is 0.0391. The molecule has 0 aromatic heterocycles. The number of hydrogen-bond donors (Lipinski definition) is 1. The Bertz CT molecular complexity index is 955. The average molecular weight is 464 g/mol. The number of hydrogen-bond acceptors (Lipinski definition) is 3. The highest BCUT2D eigenvalue weighted by Crippen LogP contribution is 2.25. The molecule has 0 fully saturated rings. The van der Waals surface area contributed by atoms with Crippen LogP contribution in [0.3, 0.4) is 0 Å². The van der Waals surface area contributed by atoms with Gasteiger partial charge in [-0.05, 0) is 62.7 Å². The molecule has 0 unspecified atom stereocenters. The Morgan fingerprint density at radius 2 is 1.57 bits per heavy atom. The smallest absolute Gasteiger partial charge is 0.243 e. The number of carbonyl (C=O) groups is 1. The molecule has 0 saturated heterocycles. The van der Waals surface area contributed by atoms with E-state index in [0.717, 1.165) is 4.31 Å². The summed E-state index contributed by atoms with van der Waals surface area (Å²) >= 11 is 18.0. The third-order valence-electron chi connectivity index (χ3n) is 3.65. The van der Waals surface area contributed by atoms with Gasteiger partial charge in [0.15, 0.2) is 0 Å². The molecule has 1 N–H and O–H groups in total. The highest BCUT2D eigenvalue weighted by Gasteiger charge is 2.28. The van der Waals surface area contributed by atoms with E-state index in [9.17, 15) is 13.2 Å². The molecule has 0 heterocycles. The Morgan fingerprint density at radius 3 is 2.11 bits per heavy atom. The fourth-order valence-electron chi connectivity index (χ4n) is 2.44. The second-order valence-corrected chi connectivity index (χ2v) is 10.5. The molecule has 0 aliphatic rings. The Kier molecular flexibility index (Phi) is 7.39. The lowest BCUT2D eigenvalue weighted by molar-refractivity contribution is -0.122. The second-order valence-electron chi connectivity index (χ2n) is 7.26. The molecule has 0 bridgehead atoms. The molecule has 28 heavy (non-hydrogen) atoms. The highest BCUT2D eigenvalue weighted by molar-refractivity contribution is 7.89. The van der Waals surface area contributed by atoms with E-state index in [1.165, 1.54) is 30.3 Å². The maximum absolute atomic E-state index is 13.2. The zero-order valence-corrected chi connectivity index (χ0v) is 18.8. The lowest BCUT2D eigenvalue weighted by Crippen LogP contribution is -2.47. The van der Waals surface area contributed by atoms with Crippen LogP contribution < -0.4 is 5.32 Å². The Balaban J connectivity index is 2.39. The molecule has 2 rings (SSSR count). The number of carbonyl (C=O) groups excluding carboxylic acids is 1. The van der Waals surface area contributed by atoms with Crippen LogP contribution in [0.25, 0.3) is 0 Å². The van der Waals surface area contributed by atoms with Gasteiger partial charge < -0.3 is 5.32 Å². The van der Waals surface area contributed by atoms with Crippen LogP contribution in [0.15, 0.2) is 47.4 Å². The number of halogens is 3. The van der Waals surface area contributed by atoms with Crippen LogP contribution in [0.1, 0.15) is 26.3 Å². The molecule has 1 amide bonds. The van der Waals surface area contributed by atoms with Crippen LogP contribution in [0.2, 0.25) is 15.1 Å². The molecule has 0 spiro atoms. The summed E-state index contributed by atoms with van der Waals surface area (Å²) in [5.74, 6) is -0.421. The molecule has 0 aliphatic heterocycles. The first kappa shape index (κ1) is 23.0. The second kappa shape index (κ2) is 9.01. The number of rotatable bonds is 6. The van der Waals surface area contributed by atoms with Crippen LogP contribution in [-0.4, -0.2) is 30.7 Å². The first-order valence-corrected chi connectivity index (χ1v) is 11.0. The van der Waals surface area contributed by atoms with Gasteiger partial charge in [0, 0.05) is 27.2 Å². The van der Waals surface area contributed by atoms with Crippen molar-refractivity contribution >= 4 is 50.7 Å². The number of amides is 1. The fourth-order valence-corrected chi connectivity index (χ4v) is 4.41. The summed E-state index contributed by atoms with van der Waals surface area (Å²) in [4.78, 5) is 12.5. The van der Waals surface area contributed by atoms with Crippen LogP contribution in [0.5, 0.6) is 0 Å². The quantitative estimate of drug-likeness (QED) is 0.672. The third-order valence-corrected chi connectivity index (χ3v) is 6.29. The Morgan fingerprint density at radius 1 is 1.00 bits per heavy atom. The molecule has 0 atom stereocenters. The largest absolute Gasteiger partial charge is 0.350 e. The van der Waals surface area contributed by atoms with Gasteiger partial charge in [-0.15, -0.1) is 0 Å². The van der Waals surface area contributed by atoms with Crippen LogP contribution in [-0.2, 0) is 21.4 Å². The van der Waals surface area contributed by atoms with Crippen LogP contribution >= 0.6 is 34.8 Å². The predicted octanol–water partition coefficient (Wildman–Crippen LogP) is 4.75. The van der Waals surface area contributed by atoms with E-state index in [2.05, 4.69) is 5.32 Å². The maximum atomic E-state index is 13.2. The number of sulfonamides is 1. The first-order valence-electron chi connectivity index (χ1n) is 8.39. The molecule has 2 aromatic rings. The van der Waals surface area contributed by atoms with E-state index < -0.39 is 21.5 Å². The third kappa shape index (κ3) is 6.36. The predicted molar refractivity (Wildman–Crippen MR) is 113 cm³/mol. The van der Waals surface area contributed by atoms with Crippen molar-refractivity contribution in [2.75, 3.05) is 6.54 Å². The monoisotopic (exact) mass is 462 g/mol. The van der Waals surface area contributed by atoms with Gasteiger partial charge >= 0.3 is 0 Å². The van der Waals surface area contributed by atoms with Crippen molar-refractivity contribution in [3.05, 3.63) is 63.1 Å². The summed E-state index contributed by atoms with van der Waals surface area (Å²) in [5, 5.41) is 3.94. The zero-order valence-electron chi connectivity index (χ0n) is 15.7. The number of nitrogens with zero attached hydrogens (tertiary/aromatic N) is 1. The van der Waals surface area contributed by atoms with Gasteiger partial charge in [0.2, 0.25) is 15.9 Å². The molecule has 0 saturated carbocycles. The summed E-state index contributed by atoms with van der Waals surface area (Å²) in [7, 11) is -3.97. The normalized spacial score (nSPS) is 12.2. The van der Waals surface area contributed by atoms with Crippen molar-refractivity contribution in [3.8, 4) is 0 Å². The van der Waals surface area contributed by atoms with Crippen molar-refractivity contribution in [2.24, 2.45) is 0 Å². The van der Waals surface area contributed by atoms with Crippen LogP contribution in [0, 0.1) is 0 Å². The highest BCUT2D eigenvalue weighted by atomic mass is 35.5. The van der Waals surface area contributed by atoms with Crippen LogP contribution in [0.4, 0.5) is 0 Å². The molecular formula is C19H21Cl3N2O3S. The standard InChI is InChI=1S/C19H21Cl3N2O3S/c1-19(2,3)23-18(25)12-24(11-13-4-5-15(21)10-17(13)22)28(26,27)16-8-6-14(20)7-9-16/h4-10H,11-12H2,1-3H3,(H,23,25). The van der Waals surface area contributed by atoms with Gasteiger partial charge in [0.05, 0.1) is 11.4 Å². The zero-order chi connectivity index (χ0) is 21.1. The van der Waals surface area contributed by atoms with Crippen molar-refractivity contribution in [2.45, 2.75) is 37.8 Å². The minimum Gasteiger partial charge on any atom is -0.350 e. The van der Waals surface area contributed by atoms with E-state index in [4.69, 9.17) is 34.8 Å². The summed E-state index contributed by atoms with van der Waals surface area (Å²) < 4.78 is 27.4. The molecule has 5 nitrogen and oxygen atoms in total. The molecule has 9 heteroatoms. The minimum atomic E-state index is -3.97. The van der Waals surface area contributed by atoms with Gasteiger partial charge in [-0.25, -0.2) is 8.42 Å². The van der Waals surface area contributed by atoms with Gasteiger partial charge in [-0.1, -0.05) is 40.9 Å². The molecule has 0 aliphatic carbocycles. The van der Waals surface area contributed by atoms with E-state index in [0.29, 0.717) is 20.6 Å². The van der Waals surface area contributed by atoms with E-state index in [1.54, 1.807) is 12.1 Å². The molecule has 0 radical (unpaired) electrons. The lowest BCUT2D eigenvalue weighted by atomic mass is 10.1. The molecule has 2 aromatic carbocycles. The average Bonchev–Trinajstić information content (AvgIpc) is 2.55. The first-order chi connectivity index (χ1) is 12.9. The maximum Gasteiger partial charge on any atom is 0.243 e. The minimum absolute atomic E-state index is 0.0329. The topological polar surface area (TPSA) is 66.5 Å². The fraction of sp³-hybridized carbons (Fsp3) is 0.316. The van der Waals surface area contributed by atoms with E-state index in [-0.39, 0.29) is 18.0 Å². The summed E-state index contributed by atoms with van der Waals surface area (Å²) in [6.45, 7) is 5.01. The van der Waals surface area contributed by atoms with Crippen molar-refractivity contribution in [1.82, 2.24) is 9.62 Å². The Hall–Kier alpha value is -1.31. The van der Waals surface area contributed by atoms with E-state index in [1.807, 2.05) is 20.8 Å². The number of nitrogens with one attached hydrogen (secondary N) is 1.